The van der Waals surface area contributed by atoms with Gasteiger partial charge in [-0.2, -0.15) is 0 Å². The standard InChI is InChI=1S/C23H25N3O/c1-17-6-2-3-7-20(17)23(27)25-19-11-14-26(15-12-19)13-10-18-16-24-22-9-5-4-8-21(18)22/h2-9,11,16,24H,10,12-15H2,1H3,(H,25,27). The zero-order valence-corrected chi connectivity index (χ0v) is 15.7. The monoisotopic (exact) mass is 359 g/mol. The van der Waals surface area contributed by atoms with Crippen molar-refractivity contribution in [2.75, 3.05) is 19.6 Å². The zero-order chi connectivity index (χ0) is 18.6. The van der Waals surface area contributed by atoms with E-state index in [4.69, 9.17) is 0 Å². The molecule has 0 saturated heterocycles. The Balaban J connectivity index is 1.32. The average molecular weight is 359 g/mol. The zero-order valence-electron chi connectivity index (χ0n) is 15.7. The summed E-state index contributed by atoms with van der Waals surface area (Å²) in [7, 11) is 0. The first kappa shape index (κ1) is 17.6. The molecule has 0 aliphatic carbocycles. The van der Waals surface area contributed by atoms with Gasteiger partial charge in [-0.05, 0) is 36.6 Å². The number of carbonyl (C=O) groups excluding carboxylic acids is 1. The van der Waals surface area contributed by atoms with Crippen molar-refractivity contribution in [2.24, 2.45) is 0 Å². The first-order chi connectivity index (χ1) is 13.2. The second-order valence-corrected chi connectivity index (χ2v) is 7.16. The highest BCUT2D eigenvalue weighted by Crippen LogP contribution is 2.19. The van der Waals surface area contributed by atoms with E-state index in [1.54, 1.807) is 0 Å². The van der Waals surface area contributed by atoms with Crippen LogP contribution >= 0.6 is 0 Å². The highest BCUT2D eigenvalue weighted by molar-refractivity contribution is 5.96. The molecule has 27 heavy (non-hydrogen) atoms. The fraction of sp³-hybridized carbons (Fsp3) is 0.261. The van der Waals surface area contributed by atoms with Crippen molar-refractivity contribution in [3.63, 3.8) is 0 Å². The molecular formula is C23H25N3O. The lowest BCUT2D eigenvalue weighted by Gasteiger charge is -2.26. The minimum atomic E-state index is -0.00778. The Morgan fingerprint density at radius 2 is 1.96 bits per heavy atom. The predicted octanol–water partition coefficient (Wildman–Crippen LogP) is 4.04. The molecule has 0 unspecified atom stereocenters. The van der Waals surface area contributed by atoms with Crippen molar-refractivity contribution < 1.29 is 4.79 Å². The lowest BCUT2D eigenvalue weighted by molar-refractivity contribution is 0.0961. The van der Waals surface area contributed by atoms with Gasteiger partial charge in [-0.25, -0.2) is 0 Å². The van der Waals surface area contributed by atoms with Crippen LogP contribution in [0.1, 0.15) is 27.9 Å². The Hall–Kier alpha value is -2.85. The van der Waals surface area contributed by atoms with Gasteiger partial charge < -0.3 is 10.3 Å². The molecule has 0 bridgehead atoms. The predicted molar refractivity (Wildman–Crippen MR) is 110 cm³/mol. The van der Waals surface area contributed by atoms with Gasteiger partial charge in [-0.1, -0.05) is 42.5 Å². The molecule has 4 rings (SSSR count). The number of nitrogens with one attached hydrogen (secondary N) is 2. The number of amides is 1. The van der Waals surface area contributed by atoms with E-state index in [1.165, 1.54) is 16.5 Å². The summed E-state index contributed by atoms with van der Waals surface area (Å²) in [6.07, 6.45) is 6.18. The van der Waals surface area contributed by atoms with Gasteiger partial charge in [0.2, 0.25) is 0 Å². The van der Waals surface area contributed by atoms with Crippen LogP contribution in [0.4, 0.5) is 0 Å². The van der Waals surface area contributed by atoms with Crippen molar-refractivity contribution in [1.29, 1.82) is 0 Å². The molecular weight excluding hydrogens is 334 g/mol. The summed E-state index contributed by atoms with van der Waals surface area (Å²) >= 11 is 0. The van der Waals surface area contributed by atoms with Gasteiger partial charge in [0, 0.05) is 54.4 Å². The van der Waals surface area contributed by atoms with E-state index in [0.29, 0.717) is 0 Å². The Kier molecular flexibility index (Phi) is 5.07. The number of aromatic nitrogens is 1. The molecule has 1 aliphatic rings. The van der Waals surface area contributed by atoms with Gasteiger partial charge in [0.1, 0.15) is 0 Å². The first-order valence-corrected chi connectivity index (χ1v) is 9.54. The molecule has 0 saturated carbocycles. The van der Waals surface area contributed by atoms with E-state index in [2.05, 4.69) is 51.7 Å². The topological polar surface area (TPSA) is 48.1 Å². The molecule has 0 atom stereocenters. The largest absolute Gasteiger partial charge is 0.361 e. The molecule has 0 fully saturated rings. The maximum absolute atomic E-state index is 12.5. The molecule has 4 heteroatoms. The Morgan fingerprint density at radius 3 is 2.78 bits per heavy atom. The third-order valence-corrected chi connectivity index (χ3v) is 5.33. The normalized spacial score (nSPS) is 14.9. The molecule has 0 radical (unpaired) electrons. The van der Waals surface area contributed by atoms with Crippen LogP contribution in [0, 0.1) is 6.92 Å². The molecule has 2 aromatic carbocycles. The van der Waals surface area contributed by atoms with Crippen molar-refractivity contribution in [3.8, 4) is 0 Å². The minimum Gasteiger partial charge on any atom is -0.361 e. The number of aryl methyl sites for hydroxylation is 1. The van der Waals surface area contributed by atoms with Crippen LogP contribution in [-0.4, -0.2) is 35.4 Å². The van der Waals surface area contributed by atoms with Crippen molar-refractivity contribution in [3.05, 3.63) is 83.2 Å². The lowest BCUT2D eigenvalue weighted by atomic mass is 10.1. The number of H-pyrrole nitrogens is 1. The third kappa shape index (κ3) is 3.96. The van der Waals surface area contributed by atoms with Crippen molar-refractivity contribution in [2.45, 2.75) is 19.8 Å². The van der Waals surface area contributed by atoms with E-state index >= 15 is 0 Å². The Labute approximate surface area is 159 Å². The summed E-state index contributed by atoms with van der Waals surface area (Å²) < 4.78 is 0. The first-order valence-electron chi connectivity index (χ1n) is 9.54. The third-order valence-electron chi connectivity index (χ3n) is 5.33. The van der Waals surface area contributed by atoms with Crippen LogP contribution in [0.2, 0.25) is 0 Å². The SMILES string of the molecule is Cc1ccccc1C(=O)NC1=CCN(CCc2c[nH]c3ccccc23)CC1. The van der Waals surface area contributed by atoms with Gasteiger partial charge in [-0.3, -0.25) is 9.69 Å². The quantitative estimate of drug-likeness (QED) is 0.722. The second-order valence-electron chi connectivity index (χ2n) is 7.16. The van der Waals surface area contributed by atoms with Crippen LogP contribution < -0.4 is 5.32 Å². The maximum atomic E-state index is 12.5. The number of rotatable bonds is 5. The lowest BCUT2D eigenvalue weighted by Crippen LogP contribution is -2.35. The summed E-state index contributed by atoms with van der Waals surface area (Å²) in [5.41, 5.74) is 5.36. The van der Waals surface area contributed by atoms with E-state index in [0.717, 1.165) is 49.3 Å². The average Bonchev–Trinajstić information content (AvgIpc) is 3.11. The van der Waals surface area contributed by atoms with E-state index in [9.17, 15) is 4.79 Å². The summed E-state index contributed by atoms with van der Waals surface area (Å²) in [6, 6.07) is 16.2. The van der Waals surface area contributed by atoms with Crippen molar-refractivity contribution >= 4 is 16.8 Å². The highest BCUT2D eigenvalue weighted by atomic mass is 16.1. The Morgan fingerprint density at radius 1 is 1.15 bits per heavy atom. The van der Waals surface area contributed by atoms with Gasteiger partial charge in [-0.15, -0.1) is 0 Å². The number of hydrogen-bond acceptors (Lipinski definition) is 2. The molecule has 138 valence electrons. The molecule has 4 nitrogen and oxygen atoms in total. The molecule has 1 amide bonds. The van der Waals surface area contributed by atoms with Gasteiger partial charge >= 0.3 is 0 Å². The van der Waals surface area contributed by atoms with Crippen LogP contribution in [0.5, 0.6) is 0 Å². The number of hydrogen-bond donors (Lipinski definition) is 2. The molecule has 1 aliphatic heterocycles. The van der Waals surface area contributed by atoms with Crippen molar-refractivity contribution in [1.82, 2.24) is 15.2 Å². The van der Waals surface area contributed by atoms with Crippen LogP contribution in [0.25, 0.3) is 10.9 Å². The molecule has 2 N–H and O–H groups in total. The fourth-order valence-corrected chi connectivity index (χ4v) is 3.69. The van der Waals surface area contributed by atoms with E-state index < -0.39 is 0 Å². The van der Waals surface area contributed by atoms with Gasteiger partial charge in [0.25, 0.3) is 5.91 Å². The van der Waals surface area contributed by atoms with Gasteiger partial charge in [0.05, 0.1) is 0 Å². The number of fused-ring (bicyclic) bond motifs is 1. The summed E-state index contributed by atoms with van der Waals surface area (Å²) in [5.74, 6) is -0.00778. The van der Waals surface area contributed by atoms with Crippen LogP contribution in [-0.2, 0) is 6.42 Å². The number of carbonyl (C=O) groups is 1. The molecule has 0 spiro atoms. The van der Waals surface area contributed by atoms with Gasteiger partial charge in [0.15, 0.2) is 0 Å². The van der Waals surface area contributed by atoms with E-state index in [-0.39, 0.29) is 5.91 Å². The van der Waals surface area contributed by atoms with Crippen LogP contribution in [0.3, 0.4) is 0 Å². The second kappa shape index (κ2) is 7.80. The number of nitrogens with zero attached hydrogens (tertiary/aromatic N) is 1. The molecule has 3 aromatic rings. The number of aromatic amines is 1. The van der Waals surface area contributed by atoms with Crippen LogP contribution in [0.15, 0.2) is 66.5 Å². The summed E-state index contributed by atoms with van der Waals surface area (Å²) in [5, 5.41) is 4.40. The Bertz CT molecular complexity index is 986. The molecule has 2 heterocycles. The fourth-order valence-electron chi connectivity index (χ4n) is 3.69. The maximum Gasteiger partial charge on any atom is 0.255 e. The highest BCUT2D eigenvalue weighted by Gasteiger charge is 2.15. The summed E-state index contributed by atoms with van der Waals surface area (Å²) in [4.78, 5) is 18.2. The minimum absolute atomic E-state index is 0.00778. The smallest absolute Gasteiger partial charge is 0.255 e. The number of para-hydroxylation sites is 1. The number of benzene rings is 2. The summed E-state index contributed by atoms with van der Waals surface area (Å²) in [6.45, 7) is 4.85. The van der Waals surface area contributed by atoms with E-state index in [1.807, 2.05) is 31.2 Å². The molecule has 1 aromatic heterocycles.